The molecular formula is C30H35N5O4. The fourth-order valence-electron chi connectivity index (χ4n) is 4.31. The highest BCUT2D eigenvalue weighted by molar-refractivity contribution is 6.02. The van der Waals surface area contributed by atoms with Gasteiger partial charge >= 0.3 is 0 Å². The number of nitrogens with one attached hydrogen (secondary N) is 1. The molecule has 0 spiro atoms. The second-order valence-electron chi connectivity index (χ2n) is 10.1. The van der Waals surface area contributed by atoms with E-state index in [0.29, 0.717) is 34.7 Å². The molecule has 0 unspecified atom stereocenters. The number of aromatic nitrogens is 3. The van der Waals surface area contributed by atoms with Crippen molar-refractivity contribution in [3.63, 3.8) is 0 Å². The molecule has 0 aliphatic carbocycles. The third kappa shape index (κ3) is 6.03. The van der Waals surface area contributed by atoms with Gasteiger partial charge in [0.2, 0.25) is 11.8 Å². The number of fused-ring (bicyclic) bond motifs is 1. The third-order valence-electron chi connectivity index (χ3n) is 6.86. The van der Waals surface area contributed by atoms with Crippen LogP contribution in [-0.4, -0.2) is 46.6 Å². The maximum atomic E-state index is 14.2. The highest BCUT2D eigenvalue weighted by Gasteiger charge is 2.35. The molecule has 0 fully saturated rings. The largest absolute Gasteiger partial charge is 0.493 e. The average molecular weight is 530 g/mol. The van der Waals surface area contributed by atoms with Crippen molar-refractivity contribution in [1.82, 2.24) is 20.3 Å². The van der Waals surface area contributed by atoms with Crippen LogP contribution in [0.3, 0.4) is 0 Å². The lowest BCUT2D eigenvalue weighted by atomic mass is 9.97. The maximum absolute atomic E-state index is 14.2. The molecule has 4 rings (SSSR count). The summed E-state index contributed by atoms with van der Waals surface area (Å²) in [6.07, 6.45) is 0.717. The molecule has 1 aromatic heterocycles. The second-order valence-corrected chi connectivity index (χ2v) is 10.1. The molecule has 0 saturated heterocycles. The first kappa shape index (κ1) is 27.6. The average Bonchev–Trinajstić information content (AvgIpc) is 3.34. The Balaban J connectivity index is 1.86. The second kappa shape index (κ2) is 11.6. The SMILES string of the molecule is CCC(C)(C)NC(=O)[C@H](c1ccc(C)cc1)N(C(=O)Cn1nnc2ccccc21)c1ccc(OC)c(OC)c1. The zero-order valence-corrected chi connectivity index (χ0v) is 23.3. The first-order valence-electron chi connectivity index (χ1n) is 12.9. The van der Waals surface area contributed by atoms with E-state index in [1.165, 1.54) is 12.0 Å². The Morgan fingerprint density at radius 2 is 1.69 bits per heavy atom. The van der Waals surface area contributed by atoms with Crippen molar-refractivity contribution < 1.29 is 19.1 Å². The van der Waals surface area contributed by atoms with Crippen molar-refractivity contribution >= 4 is 28.5 Å². The molecule has 204 valence electrons. The van der Waals surface area contributed by atoms with Crippen LogP contribution >= 0.6 is 0 Å². The van der Waals surface area contributed by atoms with Gasteiger partial charge in [-0.25, -0.2) is 4.68 Å². The summed E-state index contributed by atoms with van der Waals surface area (Å²) < 4.78 is 12.5. The molecular weight excluding hydrogens is 494 g/mol. The Hall–Kier alpha value is -4.40. The number of aryl methyl sites for hydroxylation is 1. The van der Waals surface area contributed by atoms with E-state index in [0.717, 1.165) is 11.1 Å². The minimum absolute atomic E-state index is 0.123. The molecule has 0 aliphatic rings. The summed E-state index contributed by atoms with van der Waals surface area (Å²) in [6.45, 7) is 7.78. The van der Waals surface area contributed by atoms with Gasteiger partial charge in [0.15, 0.2) is 11.5 Å². The van der Waals surface area contributed by atoms with Gasteiger partial charge in [0, 0.05) is 17.3 Å². The van der Waals surface area contributed by atoms with Crippen molar-refractivity contribution in [2.75, 3.05) is 19.1 Å². The van der Waals surface area contributed by atoms with Crippen molar-refractivity contribution in [2.24, 2.45) is 0 Å². The zero-order chi connectivity index (χ0) is 28.2. The summed E-state index contributed by atoms with van der Waals surface area (Å²) in [4.78, 5) is 29.7. The van der Waals surface area contributed by atoms with Gasteiger partial charge in [-0.2, -0.15) is 0 Å². The Morgan fingerprint density at radius 1 is 1.00 bits per heavy atom. The van der Waals surface area contributed by atoms with Gasteiger partial charge in [0.25, 0.3) is 0 Å². The normalized spacial score (nSPS) is 12.2. The topological polar surface area (TPSA) is 98.6 Å². The molecule has 0 saturated carbocycles. The predicted molar refractivity (Wildman–Crippen MR) is 151 cm³/mol. The van der Waals surface area contributed by atoms with E-state index in [1.54, 1.807) is 30.0 Å². The van der Waals surface area contributed by atoms with Crippen LogP contribution in [0.4, 0.5) is 5.69 Å². The molecule has 1 N–H and O–H groups in total. The Morgan fingerprint density at radius 3 is 2.36 bits per heavy atom. The van der Waals surface area contributed by atoms with Crippen LogP contribution in [0.25, 0.3) is 11.0 Å². The number of hydrogen-bond acceptors (Lipinski definition) is 6. The highest BCUT2D eigenvalue weighted by atomic mass is 16.5. The minimum atomic E-state index is -0.961. The van der Waals surface area contributed by atoms with Crippen LogP contribution in [0.2, 0.25) is 0 Å². The Kier molecular flexibility index (Phi) is 8.18. The van der Waals surface area contributed by atoms with E-state index in [2.05, 4.69) is 15.6 Å². The van der Waals surface area contributed by atoms with Crippen LogP contribution in [-0.2, 0) is 16.1 Å². The van der Waals surface area contributed by atoms with Gasteiger partial charge in [-0.3, -0.25) is 14.5 Å². The number of hydrogen-bond donors (Lipinski definition) is 1. The number of nitrogens with zero attached hydrogens (tertiary/aromatic N) is 4. The number of rotatable bonds is 10. The van der Waals surface area contributed by atoms with Crippen LogP contribution in [0.1, 0.15) is 44.4 Å². The smallest absolute Gasteiger partial charge is 0.249 e. The number of para-hydroxylation sites is 1. The zero-order valence-electron chi connectivity index (χ0n) is 23.3. The van der Waals surface area contributed by atoms with E-state index in [1.807, 2.05) is 76.2 Å². The molecule has 0 radical (unpaired) electrons. The molecule has 1 atom stereocenters. The van der Waals surface area contributed by atoms with Crippen LogP contribution in [0.15, 0.2) is 66.7 Å². The molecule has 0 aliphatic heterocycles. The van der Waals surface area contributed by atoms with E-state index in [4.69, 9.17) is 9.47 Å². The quantitative estimate of drug-likeness (QED) is 0.316. The van der Waals surface area contributed by atoms with E-state index in [9.17, 15) is 9.59 Å². The van der Waals surface area contributed by atoms with Gasteiger partial charge < -0.3 is 14.8 Å². The number of ether oxygens (including phenoxy) is 2. The molecule has 9 nitrogen and oxygen atoms in total. The van der Waals surface area contributed by atoms with Crippen molar-refractivity contribution in [3.8, 4) is 11.5 Å². The predicted octanol–water partition coefficient (Wildman–Crippen LogP) is 4.84. The Labute approximate surface area is 228 Å². The fourth-order valence-corrected chi connectivity index (χ4v) is 4.31. The van der Waals surface area contributed by atoms with Gasteiger partial charge in [-0.15, -0.1) is 5.10 Å². The molecule has 9 heteroatoms. The lowest BCUT2D eigenvalue weighted by Crippen LogP contribution is -2.51. The van der Waals surface area contributed by atoms with Gasteiger partial charge in [-0.1, -0.05) is 54.1 Å². The first-order chi connectivity index (χ1) is 18.7. The molecule has 2 amide bonds. The van der Waals surface area contributed by atoms with Crippen LogP contribution < -0.4 is 19.7 Å². The number of carbonyl (C=O) groups excluding carboxylic acids is 2. The minimum Gasteiger partial charge on any atom is -0.493 e. The molecule has 0 bridgehead atoms. The van der Waals surface area contributed by atoms with Gasteiger partial charge in [0.05, 0.1) is 19.7 Å². The van der Waals surface area contributed by atoms with Gasteiger partial charge in [-0.05, 0) is 57.0 Å². The third-order valence-corrected chi connectivity index (χ3v) is 6.86. The Bertz CT molecular complexity index is 1460. The lowest BCUT2D eigenvalue weighted by Gasteiger charge is -2.35. The van der Waals surface area contributed by atoms with Crippen molar-refractivity contribution in [3.05, 3.63) is 77.9 Å². The summed E-state index contributed by atoms with van der Waals surface area (Å²) in [5.41, 5.74) is 3.13. The van der Waals surface area contributed by atoms with Crippen LogP contribution in [0, 0.1) is 6.92 Å². The van der Waals surface area contributed by atoms with Crippen molar-refractivity contribution in [2.45, 2.75) is 52.2 Å². The highest BCUT2D eigenvalue weighted by Crippen LogP contribution is 2.36. The molecule has 39 heavy (non-hydrogen) atoms. The summed E-state index contributed by atoms with van der Waals surface area (Å²) in [7, 11) is 3.08. The summed E-state index contributed by atoms with van der Waals surface area (Å²) in [5.74, 6) is 0.320. The number of methoxy groups -OCH3 is 2. The van der Waals surface area contributed by atoms with E-state index < -0.39 is 11.6 Å². The summed E-state index contributed by atoms with van der Waals surface area (Å²) in [6, 6.07) is 19.3. The first-order valence-corrected chi connectivity index (χ1v) is 12.9. The number of carbonyl (C=O) groups is 2. The molecule has 4 aromatic rings. The number of benzene rings is 3. The number of amides is 2. The van der Waals surface area contributed by atoms with E-state index >= 15 is 0 Å². The maximum Gasteiger partial charge on any atom is 0.249 e. The lowest BCUT2D eigenvalue weighted by molar-refractivity contribution is -0.128. The monoisotopic (exact) mass is 529 g/mol. The van der Waals surface area contributed by atoms with Crippen LogP contribution in [0.5, 0.6) is 11.5 Å². The molecule has 3 aromatic carbocycles. The molecule has 1 heterocycles. The van der Waals surface area contributed by atoms with Crippen molar-refractivity contribution in [1.29, 1.82) is 0 Å². The standard InChI is InChI=1S/C30H35N5O4/c1-7-30(3,4)31-29(37)28(21-14-12-20(2)13-15-21)35(22-16-17-25(38-5)26(18-22)39-6)27(36)19-34-24-11-9-8-10-23(24)32-33-34/h8-18,28H,7,19H2,1-6H3,(H,31,37)/t28-/m0/s1. The van der Waals surface area contributed by atoms with E-state index in [-0.39, 0.29) is 18.4 Å². The fraction of sp³-hybridized carbons (Fsp3) is 0.333. The summed E-state index contributed by atoms with van der Waals surface area (Å²) in [5, 5.41) is 11.5. The number of anilines is 1. The van der Waals surface area contributed by atoms with Gasteiger partial charge in [0.1, 0.15) is 18.1 Å². The summed E-state index contributed by atoms with van der Waals surface area (Å²) >= 11 is 0.